The first-order valence-electron chi connectivity index (χ1n) is 16.5. The standard InChI is InChI=1S/C39H32N4O9/c40-36(45)25-5-3-23(4-6-25)26-20-31(41-32(21-26)34-2-1-15-52-34)24-7-9-27(10-8-24)50-18-16-49-17-19-51-28-11-12-29-30(22-28)39(48)43(38(29)47)33-13-14-35(44)42-37(33)46/h1-12,15,20-22,33H,13-14,16-19H2,(H2,40,45)(H,42,44,46). The Kier molecular flexibility index (Phi) is 9.58. The molecule has 2 aliphatic rings. The molecule has 2 aromatic heterocycles. The summed E-state index contributed by atoms with van der Waals surface area (Å²) >= 11 is 0. The molecule has 0 aliphatic carbocycles. The first-order valence-corrected chi connectivity index (χ1v) is 16.5. The minimum atomic E-state index is -1.03. The van der Waals surface area contributed by atoms with Crippen LogP contribution in [0.1, 0.15) is 43.9 Å². The van der Waals surface area contributed by atoms with Crippen LogP contribution in [-0.2, 0) is 14.3 Å². The van der Waals surface area contributed by atoms with Crippen LogP contribution in [0.5, 0.6) is 11.5 Å². The molecule has 1 atom stereocenters. The predicted molar refractivity (Wildman–Crippen MR) is 186 cm³/mol. The Morgan fingerprint density at radius 2 is 1.44 bits per heavy atom. The summed E-state index contributed by atoms with van der Waals surface area (Å²) in [4.78, 5) is 67.0. The summed E-state index contributed by atoms with van der Waals surface area (Å²) in [6.07, 6.45) is 1.73. The van der Waals surface area contributed by atoms with Crippen LogP contribution in [0.4, 0.5) is 0 Å². The number of fused-ring (bicyclic) bond motifs is 1. The lowest BCUT2D eigenvalue weighted by Crippen LogP contribution is -2.54. The highest BCUT2D eigenvalue weighted by Crippen LogP contribution is 2.32. The van der Waals surface area contributed by atoms with Crippen molar-refractivity contribution in [3.8, 4) is 45.3 Å². The van der Waals surface area contributed by atoms with E-state index in [0.717, 1.165) is 27.3 Å². The Balaban J connectivity index is 0.899. The molecule has 2 aliphatic heterocycles. The fourth-order valence-electron chi connectivity index (χ4n) is 6.02. The van der Waals surface area contributed by atoms with E-state index < -0.39 is 35.6 Å². The fourth-order valence-corrected chi connectivity index (χ4v) is 6.02. The summed E-state index contributed by atoms with van der Waals surface area (Å²) in [5.41, 5.74) is 10.2. The van der Waals surface area contributed by atoms with Crippen LogP contribution in [0, 0.1) is 0 Å². The van der Waals surface area contributed by atoms with Crippen molar-refractivity contribution in [3.05, 3.63) is 114 Å². The van der Waals surface area contributed by atoms with Crippen LogP contribution < -0.4 is 20.5 Å². The Bertz CT molecular complexity index is 2160. The topological polar surface area (TPSA) is 180 Å². The van der Waals surface area contributed by atoms with Crippen LogP contribution in [0.3, 0.4) is 0 Å². The third-order valence-corrected chi connectivity index (χ3v) is 8.66. The smallest absolute Gasteiger partial charge is 0.262 e. The van der Waals surface area contributed by atoms with Crippen molar-refractivity contribution in [2.75, 3.05) is 26.4 Å². The van der Waals surface area contributed by atoms with Gasteiger partial charge in [-0.3, -0.25) is 34.2 Å². The summed E-state index contributed by atoms with van der Waals surface area (Å²) in [6.45, 7) is 1.03. The lowest BCUT2D eigenvalue weighted by Gasteiger charge is -2.27. The Morgan fingerprint density at radius 3 is 2.13 bits per heavy atom. The zero-order valence-corrected chi connectivity index (χ0v) is 27.7. The number of carbonyl (C=O) groups is 5. The summed E-state index contributed by atoms with van der Waals surface area (Å²) < 4.78 is 22.8. The molecule has 4 heterocycles. The summed E-state index contributed by atoms with van der Waals surface area (Å²) in [7, 11) is 0. The second-order valence-electron chi connectivity index (χ2n) is 12.0. The Hall–Kier alpha value is -6.60. The summed E-state index contributed by atoms with van der Waals surface area (Å²) in [5.74, 6) is -1.10. The molecular weight excluding hydrogens is 668 g/mol. The molecule has 0 spiro atoms. The van der Waals surface area contributed by atoms with E-state index in [2.05, 4.69) is 5.32 Å². The van der Waals surface area contributed by atoms with Gasteiger partial charge in [-0.25, -0.2) is 4.98 Å². The zero-order valence-electron chi connectivity index (χ0n) is 27.7. The number of primary amides is 1. The number of hydrogen-bond donors (Lipinski definition) is 2. The van der Waals surface area contributed by atoms with Crippen molar-refractivity contribution in [3.63, 3.8) is 0 Å². The number of amides is 5. The number of aromatic nitrogens is 1. The molecular formula is C39H32N4O9. The van der Waals surface area contributed by atoms with Crippen LogP contribution in [0.25, 0.3) is 33.8 Å². The van der Waals surface area contributed by atoms with E-state index in [0.29, 0.717) is 41.7 Å². The molecule has 1 unspecified atom stereocenters. The number of carbonyl (C=O) groups excluding carboxylic acids is 5. The minimum Gasteiger partial charge on any atom is -0.491 e. The van der Waals surface area contributed by atoms with Crippen LogP contribution in [-0.4, -0.2) is 71.9 Å². The molecule has 5 amide bonds. The second-order valence-corrected chi connectivity index (χ2v) is 12.0. The van der Waals surface area contributed by atoms with Gasteiger partial charge < -0.3 is 24.4 Å². The third kappa shape index (κ3) is 7.16. The quantitative estimate of drug-likeness (QED) is 0.130. The normalized spacial score (nSPS) is 15.4. The molecule has 1 fully saturated rings. The lowest BCUT2D eigenvalue weighted by atomic mass is 10.0. The highest BCUT2D eigenvalue weighted by atomic mass is 16.5. The van der Waals surface area contributed by atoms with Gasteiger partial charge in [-0.15, -0.1) is 0 Å². The maximum atomic E-state index is 13.0. The molecule has 1 saturated heterocycles. The van der Waals surface area contributed by atoms with Gasteiger partial charge in [0.1, 0.15) is 36.4 Å². The number of benzene rings is 3. The molecule has 0 bridgehead atoms. The number of nitrogens with one attached hydrogen (secondary N) is 1. The minimum absolute atomic E-state index is 0.0517. The van der Waals surface area contributed by atoms with Gasteiger partial charge in [0, 0.05) is 17.5 Å². The largest absolute Gasteiger partial charge is 0.491 e. The van der Waals surface area contributed by atoms with Crippen LogP contribution in [0.2, 0.25) is 0 Å². The number of furan rings is 1. The molecule has 13 nitrogen and oxygen atoms in total. The number of hydrogen-bond acceptors (Lipinski definition) is 10. The molecule has 262 valence electrons. The average molecular weight is 701 g/mol. The van der Waals surface area contributed by atoms with E-state index in [1.54, 1.807) is 30.5 Å². The lowest BCUT2D eigenvalue weighted by molar-refractivity contribution is -0.136. The number of rotatable bonds is 13. The molecule has 0 radical (unpaired) electrons. The first-order chi connectivity index (χ1) is 25.2. The van der Waals surface area contributed by atoms with Gasteiger partial charge >= 0.3 is 0 Å². The molecule has 7 rings (SSSR count). The van der Waals surface area contributed by atoms with Gasteiger partial charge in [-0.05, 0) is 96.4 Å². The highest BCUT2D eigenvalue weighted by Gasteiger charge is 2.44. The number of ether oxygens (including phenoxy) is 3. The number of piperidine rings is 1. The molecule has 52 heavy (non-hydrogen) atoms. The number of nitrogens with zero attached hydrogens (tertiary/aromatic N) is 2. The van der Waals surface area contributed by atoms with Gasteiger partial charge in [0.15, 0.2) is 5.76 Å². The maximum absolute atomic E-state index is 13.0. The molecule has 0 saturated carbocycles. The number of nitrogens with two attached hydrogens (primary N) is 1. The number of imide groups is 2. The Morgan fingerprint density at radius 1 is 0.769 bits per heavy atom. The fraction of sp³-hybridized carbons (Fsp3) is 0.179. The second kappa shape index (κ2) is 14.7. The number of pyridine rings is 1. The molecule has 13 heteroatoms. The molecule has 5 aromatic rings. The van der Waals surface area contributed by atoms with Gasteiger partial charge in [-0.2, -0.15) is 0 Å². The van der Waals surface area contributed by atoms with Gasteiger partial charge in [0.05, 0.1) is 36.3 Å². The van der Waals surface area contributed by atoms with E-state index in [1.807, 2.05) is 54.6 Å². The van der Waals surface area contributed by atoms with E-state index in [-0.39, 0.29) is 37.2 Å². The van der Waals surface area contributed by atoms with Gasteiger partial charge in [0.2, 0.25) is 17.7 Å². The van der Waals surface area contributed by atoms with E-state index in [1.165, 1.54) is 12.1 Å². The van der Waals surface area contributed by atoms with Crippen LogP contribution in [0.15, 0.2) is 102 Å². The third-order valence-electron chi connectivity index (χ3n) is 8.66. The van der Waals surface area contributed by atoms with Crippen LogP contribution >= 0.6 is 0 Å². The summed E-state index contributed by atoms with van der Waals surface area (Å²) in [5, 5.41) is 2.18. The van der Waals surface area contributed by atoms with Crippen molar-refractivity contribution in [1.82, 2.24) is 15.2 Å². The van der Waals surface area contributed by atoms with Crippen molar-refractivity contribution in [2.45, 2.75) is 18.9 Å². The van der Waals surface area contributed by atoms with Gasteiger partial charge in [0.25, 0.3) is 11.8 Å². The SMILES string of the molecule is NC(=O)c1ccc(-c2cc(-c3ccc(OCCOCCOc4ccc5c(c4)C(=O)N(C4CCC(=O)NC4=O)C5=O)cc3)nc(-c3ccco3)c2)cc1. The zero-order chi connectivity index (χ0) is 36.2. The first kappa shape index (κ1) is 33.9. The average Bonchev–Trinajstić information content (AvgIpc) is 3.78. The van der Waals surface area contributed by atoms with Crippen molar-refractivity contribution in [2.24, 2.45) is 5.73 Å². The monoisotopic (exact) mass is 700 g/mol. The van der Waals surface area contributed by atoms with Crippen molar-refractivity contribution in [1.29, 1.82) is 0 Å². The van der Waals surface area contributed by atoms with Crippen molar-refractivity contribution < 1.29 is 42.6 Å². The van der Waals surface area contributed by atoms with E-state index in [9.17, 15) is 24.0 Å². The van der Waals surface area contributed by atoms with Gasteiger partial charge in [-0.1, -0.05) is 12.1 Å². The predicted octanol–water partition coefficient (Wildman–Crippen LogP) is 4.65. The highest BCUT2D eigenvalue weighted by molar-refractivity contribution is 6.23. The maximum Gasteiger partial charge on any atom is 0.262 e. The van der Waals surface area contributed by atoms with E-state index >= 15 is 0 Å². The van der Waals surface area contributed by atoms with E-state index in [4.69, 9.17) is 29.3 Å². The molecule has 3 aromatic carbocycles. The summed E-state index contributed by atoms with van der Waals surface area (Å²) in [6, 6.07) is 25.6. The van der Waals surface area contributed by atoms with Crippen molar-refractivity contribution >= 4 is 29.5 Å². The Labute approximate surface area is 297 Å². The molecule has 3 N–H and O–H groups in total.